The van der Waals surface area contributed by atoms with E-state index in [1.54, 1.807) is 0 Å². The highest BCUT2D eigenvalue weighted by Gasteiger charge is 2.34. The van der Waals surface area contributed by atoms with Crippen LogP contribution in [0, 0.1) is 35.5 Å². The minimum atomic E-state index is -0.138. The van der Waals surface area contributed by atoms with Crippen LogP contribution in [-0.4, -0.2) is 74.2 Å². The molecule has 0 heterocycles. The average molecular weight is 481 g/mol. The van der Waals surface area contributed by atoms with Crippen LogP contribution in [0.2, 0.25) is 0 Å². The molecular formula is C28H52N2O4. The van der Waals surface area contributed by atoms with Crippen molar-refractivity contribution in [2.24, 2.45) is 35.5 Å². The molecule has 0 N–H and O–H groups in total. The molecule has 0 aromatic rings. The molecule has 0 spiro atoms. The van der Waals surface area contributed by atoms with Gasteiger partial charge in [0.2, 0.25) is 0 Å². The quantitative estimate of drug-likeness (QED) is 0.394. The molecule has 2 fully saturated rings. The van der Waals surface area contributed by atoms with Gasteiger partial charge in [-0.3, -0.25) is 19.4 Å². The second-order valence-electron chi connectivity index (χ2n) is 12.2. The molecule has 2 saturated carbocycles. The lowest BCUT2D eigenvalue weighted by molar-refractivity contribution is -0.158. The molecular weight excluding hydrogens is 428 g/mol. The van der Waals surface area contributed by atoms with Crippen molar-refractivity contribution in [3.8, 4) is 0 Å². The van der Waals surface area contributed by atoms with Gasteiger partial charge in [-0.05, 0) is 75.3 Å². The summed E-state index contributed by atoms with van der Waals surface area (Å²) < 4.78 is 11.9. The number of hydrogen-bond donors (Lipinski definition) is 0. The molecule has 6 heteroatoms. The van der Waals surface area contributed by atoms with Gasteiger partial charge < -0.3 is 9.47 Å². The van der Waals surface area contributed by atoms with Crippen molar-refractivity contribution in [3.63, 3.8) is 0 Å². The third-order valence-corrected chi connectivity index (χ3v) is 8.15. The number of ether oxygens (including phenoxy) is 2. The van der Waals surface area contributed by atoms with E-state index in [0.29, 0.717) is 48.6 Å². The number of hydrogen-bond acceptors (Lipinski definition) is 6. The summed E-state index contributed by atoms with van der Waals surface area (Å²) in [5, 5.41) is 0. The second kappa shape index (κ2) is 13.8. The molecule has 2 aliphatic rings. The van der Waals surface area contributed by atoms with Crippen LogP contribution >= 0.6 is 0 Å². The molecule has 0 aliphatic heterocycles. The summed E-state index contributed by atoms with van der Waals surface area (Å²) >= 11 is 0. The summed E-state index contributed by atoms with van der Waals surface area (Å²) in [4.78, 5) is 29.2. The average Bonchev–Trinajstić information content (AvgIpc) is 2.71. The third-order valence-electron chi connectivity index (χ3n) is 8.15. The molecule has 0 bridgehead atoms. The fourth-order valence-corrected chi connectivity index (χ4v) is 5.85. The lowest BCUT2D eigenvalue weighted by Crippen LogP contribution is -2.41. The van der Waals surface area contributed by atoms with E-state index in [2.05, 4.69) is 41.5 Å². The lowest BCUT2D eigenvalue weighted by atomic mass is 9.75. The van der Waals surface area contributed by atoms with Gasteiger partial charge in [0.15, 0.2) is 0 Å². The van der Waals surface area contributed by atoms with Crippen LogP contribution in [0.5, 0.6) is 0 Å². The topological polar surface area (TPSA) is 59.1 Å². The molecule has 1 unspecified atom stereocenters. The van der Waals surface area contributed by atoms with Crippen LogP contribution in [0.15, 0.2) is 0 Å². The maximum atomic E-state index is 12.6. The van der Waals surface area contributed by atoms with Crippen molar-refractivity contribution in [1.82, 2.24) is 9.80 Å². The lowest BCUT2D eigenvalue weighted by Gasteiger charge is -2.37. The minimum Gasteiger partial charge on any atom is -0.461 e. The van der Waals surface area contributed by atoms with Crippen LogP contribution in [0.4, 0.5) is 0 Å². The second-order valence-corrected chi connectivity index (χ2v) is 12.2. The zero-order valence-corrected chi connectivity index (χ0v) is 23.2. The largest absolute Gasteiger partial charge is 0.461 e. The van der Waals surface area contributed by atoms with Gasteiger partial charge in [0, 0.05) is 13.1 Å². The van der Waals surface area contributed by atoms with E-state index in [1.807, 2.05) is 23.9 Å². The monoisotopic (exact) mass is 480 g/mol. The van der Waals surface area contributed by atoms with Gasteiger partial charge in [-0.1, -0.05) is 54.4 Å². The predicted molar refractivity (Wildman–Crippen MR) is 137 cm³/mol. The highest BCUT2D eigenvalue weighted by molar-refractivity contribution is 5.72. The van der Waals surface area contributed by atoms with E-state index in [0.717, 1.165) is 25.7 Å². The first-order valence-electron chi connectivity index (χ1n) is 13.7. The van der Waals surface area contributed by atoms with Gasteiger partial charge in [0.1, 0.15) is 12.2 Å². The van der Waals surface area contributed by atoms with Crippen LogP contribution in [-0.2, 0) is 19.1 Å². The van der Waals surface area contributed by atoms with Crippen molar-refractivity contribution in [1.29, 1.82) is 0 Å². The molecule has 2 aliphatic carbocycles. The number of carbonyl (C=O) groups is 2. The number of nitrogens with zero attached hydrogens (tertiary/aromatic N) is 2. The Bertz CT molecular complexity index is 584. The number of esters is 2. The van der Waals surface area contributed by atoms with Crippen molar-refractivity contribution < 1.29 is 19.1 Å². The smallest absolute Gasteiger partial charge is 0.320 e. The summed E-state index contributed by atoms with van der Waals surface area (Å²) in [6.45, 7) is 15.4. The molecule has 0 radical (unpaired) electrons. The maximum Gasteiger partial charge on any atom is 0.320 e. The standard InChI is InChI=1S/C28H52N2O4/c1-19(2)23-11-9-21(5)15-25(23)33-27(31)17-29(7)13-14-30(8)18-28(32)34-26-16-22(6)10-12-24(26)20(3)4/h19-26H,9-18H2,1-8H3/t21-,22-,23+,24?,25-,26-/m1/s1. The van der Waals surface area contributed by atoms with E-state index in [4.69, 9.17) is 9.47 Å². The fourth-order valence-electron chi connectivity index (χ4n) is 5.85. The Hall–Kier alpha value is -1.14. The Morgan fingerprint density at radius 3 is 1.38 bits per heavy atom. The first kappa shape index (κ1) is 29.1. The normalized spacial score (nSPS) is 30.2. The van der Waals surface area contributed by atoms with E-state index in [9.17, 15) is 9.59 Å². The van der Waals surface area contributed by atoms with Crippen LogP contribution in [0.3, 0.4) is 0 Å². The molecule has 2 rings (SSSR count). The maximum absolute atomic E-state index is 12.6. The van der Waals surface area contributed by atoms with Crippen molar-refractivity contribution >= 4 is 11.9 Å². The Balaban J connectivity index is 1.71. The van der Waals surface area contributed by atoms with Gasteiger partial charge in [-0.2, -0.15) is 0 Å². The van der Waals surface area contributed by atoms with Gasteiger partial charge in [-0.25, -0.2) is 0 Å². The molecule has 0 amide bonds. The molecule has 0 aromatic carbocycles. The van der Waals surface area contributed by atoms with E-state index >= 15 is 0 Å². The Morgan fingerprint density at radius 1 is 0.706 bits per heavy atom. The third kappa shape index (κ3) is 9.49. The number of rotatable bonds is 11. The summed E-state index contributed by atoms with van der Waals surface area (Å²) in [6.07, 6.45) is 6.77. The summed E-state index contributed by atoms with van der Waals surface area (Å²) in [7, 11) is 3.88. The summed E-state index contributed by atoms with van der Waals surface area (Å²) in [6, 6.07) is 0. The first-order chi connectivity index (χ1) is 16.0. The zero-order chi connectivity index (χ0) is 25.4. The Morgan fingerprint density at radius 2 is 1.06 bits per heavy atom. The van der Waals surface area contributed by atoms with Crippen molar-refractivity contribution in [2.75, 3.05) is 40.3 Å². The highest BCUT2D eigenvalue weighted by atomic mass is 16.5. The van der Waals surface area contributed by atoms with E-state index in [1.165, 1.54) is 12.8 Å². The SMILES string of the molecule is CC(C)C1CC[C@@H](C)C[C@H]1OC(=O)CN(C)CCN(C)CC(=O)O[C@@H]1C[C@H](C)CC[C@H]1C(C)C. The number of likely N-dealkylation sites (N-methyl/N-ethyl adjacent to an activating group) is 2. The first-order valence-corrected chi connectivity index (χ1v) is 13.7. The van der Waals surface area contributed by atoms with Crippen LogP contribution in [0.25, 0.3) is 0 Å². The highest BCUT2D eigenvalue weighted by Crippen LogP contribution is 2.36. The van der Waals surface area contributed by atoms with Crippen LogP contribution in [0.1, 0.15) is 80.1 Å². The minimum absolute atomic E-state index is 0.0410. The van der Waals surface area contributed by atoms with Gasteiger partial charge >= 0.3 is 11.9 Å². The van der Waals surface area contributed by atoms with Crippen molar-refractivity contribution in [3.05, 3.63) is 0 Å². The Labute approximate surface area is 209 Å². The Kier molecular flexibility index (Phi) is 11.8. The zero-order valence-electron chi connectivity index (χ0n) is 23.2. The fraction of sp³-hybridized carbons (Fsp3) is 0.929. The molecule has 0 saturated heterocycles. The predicted octanol–water partition coefficient (Wildman–Crippen LogP) is 4.86. The van der Waals surface area contributed by atoms with Gasteiger partial charge in [0.25, 0.3) is 0 Å². The molecule has 6 atom stereocenters. The molecule has 34 heavy (non-hydrogen) atoms. The summed E-state index contributed by atoms with van der Waals surface area (Å²) in [5.41, 5.74) is 0. The van der Waals surface area contributed by atoms with E-state index in [-0.39, 0.29) is 37.2 Å². The van der Waals surface area contributed by atoms with Crippen molar-refractivity contribution in [2.45, 2.75) is 92.3 Å². The van der Waals surface area contributed by atoms with Gasteiger partial charge in [0.05, 0.1) is 13.1 Å². The number of carbonyl (C=O) groups excluding carboxylic acids is 2. The van der Waals surface area contributed by atoms with Crippen LogP contribution < -0.4 is 0 Å². The summed E-state index contributed by atoms with van der Waals surface area (Å²) in [5.74, 6) is 2.95. The van der Waals surface area contributed by atoms with E-state index < -0.39 is 0 Å². The molecule has 198 valence electrons. The molecule has 6 nitrogen and oxygen atoms in total. The molecule has 0 aromatic heterocycles. The van der Waals surface area contributed by atoms with Gasteiger partial charge in [-0.15, -0.1) is 0 Å².